The highest BCUT2D eigenvalue weighted by Gasteiger charge is 2.19. The van der Waals surface area contributed by atoms with Crippen LogP contribution in [0.4, 0.5) is 0 Å². The molecule has 0 spiro atoms. The van der Waals surface area contributed by atoms with E-state index in [0.717, 1.165) is 22.1 Å². The number of aromatic nitrogens is 1. The molecule has 0 saturated carbocycles. The van der Waals surface area contributed by atoms with Crippen molar-refractivity contribution >= 4 is 26.8 Å². The van der Waals surface area contributed by atoms with Crippen molar-refractivity contribution in [3.05, 3.63) is 101 Å². The van der Waals surface area contributed by atoms with Gasteiger partial charge in [-0.15, -0.1) is 0 Å². The second kappa shape index (κ2) is 8.40. The van der Waals surface area contributed by atoms with Gasteiger partial charge in [0, 0.05) is 23.7 Å². The van der Waals surface area contributed by atoms with E-state index in [1.807, 2.05) is 44.2 Å². The molecule has 4 rings (SSSR count). The van der Waals surface area contributed by atoms with E-state index >= 15 is 0 Å². The molecule has 3 aromatic carbocycles. The summed E-state index contributed by atoms with van der Waals surface area (Å²) in [5.74, 6) is -0.119. The number of fused-ring (bicyclic) bond motifs is 1. The molecule has 5 nitrogen and oxygen atoms in total. The van der Waals surface area contributed by atoms with Crippen molar-refractivity contribution in [1.82, 2.24) is 9.29 Å². The summed E-state index contributed by atoms with van der Waals surface area (Å²) in [4.78, 5) is 12.5. The third kappa shape index (κ3) is 4.39. The summed E-state index contributed by atoms with van der Waals surface area (Å²) in [6.07, 6.45) is 2.19. The zero-order chi connectivity index (χ0) is 22.0. The van der Waals surface area contributed by atoms with Crippen molar-refractivity contribution in [1.29, 1.82) is 0 Å². The number of benzene rings is 3. The summed E-state index contributed by atoms with van der Waals surface area (Å²) >= 11 is 0. The molecule has 0 saturated heterocycles. The van der Waals surface area contributed by atoms with Crippen molar-refractivity contribution in [3.8, 4) is 0 Å². The number of amides is 1. The average molecular weight is 433 g/mol. The number of aryl methyl sites for hydroxylation is 2. The fraction of sp³-hybridized carbons (Fsp3) is 0.160. The number of hydrogen-bond donors (Lipinski definition) is 1. The van der Waals surface area contributed by atoms with Crippen LogP contribution in [-0.4, -0.2) is 24.8 Å². The Balaban J connectivity index is 1.52. The molecule has 0 aliphatic rings. The lowest BCUT2D eigenvalue weighted by Crippen LogP contribution is -2.25. The lowest BCUT2D eigenvalue weighted by Gasteiger charge is -2.10. The summed E-state index contributed by atoms with van der Waals surface area (Å²) in [5, 5.41) is 3.77. The molecule has 6 heteroatoms. The molecule has 1 heterocycles. The quantitative estimate of drug-likeness (QED) is 0.489. The third-order valence-electron chi connectivity index (χ3n) is 5.31. The summed E-state index contributed by atoms with van der Waals surface area (Å²) < 4.78 is 27.6. The molecule has 0 atom stereocenters. The molecule has 0 radical (unpaired) electrons. The first-order valence-corrected chi connectivity index (χ1v) is 11.6. The standard InChI is InChI=1S/C25H24N2O3S/c1-18-3-8-22(9-4-18)25(28)26-15-13-20-7-10-21-14-16-27(24(21)17-20)31(29,30)23-11-5-19(2)6-12-23/h3-12,14,16-17H,13,15H2,1-2H3,(H,26,28). The first kappa shape index (κ1) is 20.9. The fourth-order valence-corrected chi connectivity index (χ4v) is 4.81. The summed E-state index contributed by atoms with van der Waals surface area (Å²) in [6, 6.07) is 21.8. The van der Waals surface area contributed by atoms with Crippen LogP contribution < -0.4 is 5.32 Å². The maximum absolute atomic E-state index is 13.1. The molecule has 0 unspecified atom stereocenters. The Labute approximate surface area is 182 Å². The number of nitrogens with one attached hydrogen (secondary N) is 1. The number of carbonyl (C=O) groups excluding carboxylic acids is 1. The van der Waals surface area contributed by atoms with E-state index in [4.69, 9.17) is 0 Å². The van der Waals surface area contributed by atoms with Crippen molar-refractivity contribution < 1.29 is 13.2 Å². The smallest absolute Gasteiger partial charge is 0.268 e. The molecule has 4 aromatic rings. The minimum atomic E-state index is -3.68. The Morgan fingerprint density at radius 1 is 0.871 bits per heavy atom. The summed E-state index contributed by atoms with van der Waals surface area (Å²) in [6.45, 7) is 4.36. The van der Waals surface area contributed by atoms with E-state index in [1.165, 1.54) is 3.97 Å². The Morgan fingerprint density at radius 3 is 2.19 bits per heavy atom. The Morgan fingerprint density at radius 2 is 1.52 bits per heavy atom. The molecule has 1 aromatic heterocycles. The molecule has 0 aliphatic heterocycles. The van der Waals surface area contributed by atoms with Crippen LogP contribution in [0.3, 0.4) is 0 Å². The minimum Gasteiger partial charge on any atom is -0.352 e. The highest BCUT2D eigenvalue weighted by atomic mass is 32.2. The molecular weight excluding hydrogens is 408 g/mol. The van der Waals surface area contributed by atoms with Crippen molar-refractivity contribution in [3.63, 3.8) is 0 Å². The van der Waals surface area contributed by atoms with Crippen LogP contribution in [0, 0.1) is 13.8 Å². The third-order valence-corrected chi connectivity index (χ3v) is 7.02. The van der Waals surface area contributed by atoms with Crippen LogP contribution in [0.2, 0.25) is 0 Å². The molecule has 158 valence electrons. The van der Waals surface area contributed by atoms with Crippen molar-refractivity contribution in [2.45, 2.75) is 25.2 Å². The predicted octanol–water partition coefficient (Wildman–Crippen LogP) is 4.47. The average Bonchev–Trinajstić information content (AvgIpc) is 3.18. The van der Waals surface area contributed by atoms with Crippen LogP contribution in [0.25, 0.3) is 10.9 Å². The van der Waals surface area contributed by atoms with Gasteiger partial charge in [0.25, 0.3) is 15.9 Å². The minimum absolute atomic E-state index is 0.119. The van der Waals surface area contributed by atoms with Crippen molar-refractivity contribution in [2.75, 3.05) is 6.54 Å². The molecular formula is C25H24N2O3S. The molecule has 0 aliphatic carbocycles. The maximum atomic E-state index is 13.1. The molecule has 1 N–H and O–H groups in total. The lowest BCUT2D eigenvalue weighted by atomic mass is 10.1. The van der Waals surface area contributed by atoms with Crippen LogP contribution in [0.15, 0.2) is 83.9 Å². The number of hydrogen-bond acceptors (Lipinski definition) is 3. The van der Waals surface area contributed by atoms with Gasteiger partial charge in [-0.3, -0.25) is 4.79 Å². The molecule has 31 heavy (non-hydrogen) atoms. The number of rotatable bonds is 6. The van der Waals surface area contributed by atoms with E-state index < -0.39 is 10.0 Å². The monoisotopic (exact) mass is 432 g/mol. The number of carbonyl (C=O) groups is 1. The van der Waals surface area contributed by atoms with Gasteiger partial charge >= 0.3 is 0 Å². The van der Waals surface area contributed by atoms with Crippen molar-refractivity contribution in [2.24, 2.45) is 0 Å². The van der Waals surface area contributed by atoms with Crippen LogP contribution in [0.5, 0.6) is 0 Å². The Hall–Kier alpha value is -3.38. The van der Waals surface area contributed by atoms with Gasteiger partial charge in [-0.05, 0) is 62.2 Å². The van der Waals surface area contributed by atoms with Crippen LogP contribution >= 0.6 is 0 Å². The topological polar surface area (TPSA) is 68.2 Å². The van der Waals surface area contributed by atoms with Gasteiger partial charge in [-0.2, -0.15) is 0 Å². The van der Waals surface area contributed by atoms with Gasteiger partial charge in [0.2, 0.25) is 0 Å². The van der Waals surface area contributed by atoms with Gasteiger partial charge in [0.15, 0.2) is 0 Å². The molecule has 0 bridgehead atoms. The van der Waals surface area contributed by atoms with Gasteiger partial charge in [0.1, 0.15) is 0 Å². The zero-order valence-electron chi connectivity index (χ0n) is 17.5. The normalized spacial score (nSPS) is 11.5. The highest BCUT2D eigenvalue weighted by molar-refractivity contribution is 7.90. The lowest BCUT2D eigenvalue weighted by molar-refractivity contribution is 0.0954. The largest absolute Gasteiger partial charge is 0.352 e. The van der Waals surface area contributed by atoms with E-state index in [1.54, 1.807) is 48.7 Å². The van der Waals surface area contributed by atoms with E-state index in [-0.39, 0.29) is 10.8 Å². The summed E-state index contributed by atoms with van der Waals surface area (Å²) in [7, 11) is -3.68. The highest BCUT2D eigenvalue weighted by Crippen LogP contribution is 2.23. The van der Waals surface area contributed by atoms with Gasteiger partial charge in [-0.25, -0.2) is 12.4 Å². The van der Waals surface area contributed by atoms with E-state index in [2.05, 4.69) is 5.32 Å². The Kier molecular flexibility index (Phi) is 5.65. The zero-order valence-corrected chi connectivity index (χ0v) is 18.3. The van der Waals surface area contributed by atoms with E-state index in [0.29, 0.717) is 24.0 Å². The van der Waals surface area contributed by atoms with Gasteiger partial charge in [0.05, 0.1) is 10.4 Å². The Bertz CT molecular complexity index is 1340. The first-order chi connectivity index (χ1) is 14.8. The van der Waals surface area contributed by atoms with Crippen LogP contribution in [-0.2, 0) is 16.4 Å². The number of nitrogens with zero attached hydrogens (tertiary/aromatic N) is 1. The SMILES string of the molecule is Cc1ccc(C(=O)NCCc2ccc3ccn(S(=O)(=O)c4ccc(C)cc4)c3c2)cc1. The second-order valence-corrected chi connectivity index (χ2v) is 9.51. The second-order valence-electron chi connectivity index (χ2n) is 7.69. The van der Waals surface area contributed by atoms with E-state index in [9.17, 15) is 13.2 Å². The fourth-order valence-electron chi connectivity index (χ4n) is 3.47. The maximum Gasteiger partial charge on any atom is 0.268 e. The predicted molar refractivity (Wildman–Crippen MR) is 123 cm³/mol. The van der Waals surface area contributed by atoms with Gasteiger partial charge in [-0.1, -0.05) is 47.5 Å². The van der Waals surface area contributed by atoms with Gasteiger partial charge < -0.3 is 5.32 Å². The molecule has 1 amide bonds. The van der Waals surface area contributed by atoms with Crippen LogP contribution in [0.1, 0.15) is 27.0 Å². The first-order valence-electron chi connectivity index (χ1n) is 10.1. The molecule has 0 fully saturated rings. The summed E-state index contributed by atoms with van der Waals surface area (Å²) in [5.41, 5.74) is 4.32.